The van der Waals surface area contributed by atoms with Crippen LogP contribution in [-0.4, -0.2) is 0 Å². The molecule has 4 aromatic carbocycles. The molecule has 0 N–H and O–H groups in total. The van der Waals surface area contributed by atoms with E-state index in [0.29, 0.717) is 0 Å². The van der Waals surface area contributed by atoms with E-state index in [0.717, 1.165) is 0 Å². The third kappa shape index (κ3) is 10.3. The summed E-state index contributed by atoms with van der Waals surface area (Å²) in [4.78, 5) is 0. The number of hydrogen-bond acceptors (Lipinski definition) is 0. The second-order valence-electron chi connectivity index (χ2n) is 10.7. The Labute approximate surface area is 233 Å². The van der Waals surface area contributed by atoms with E-state index < -0.39 is 0 Å². The summed E-state index contributed by atoms with van der Waals surface area (Å²) in [5.74, 6) is 0. The summed E-state index contributed by atoms with van der Waals surface area (Å²) in [6, 6.07) is 35.6. The molecule has 38 heavy (non-hydrogen) atoms. The maximum atomic E-state index is 2.29. The van der Waals surface area contributed by atoms with E-state index in [9.17, 15) is 0 Å². The van der Waals surface area contributed by atoms with Crippen LogP contribution in [0.25, 0.3) is 22.3 Å². The first-order chi connectivity index (χ1) is 18.6. The summed E-state index contributed by atoms with van der Waals surface area (Å²) in [6.07, 6.45) is 13.1. The van der Waals surface area contributed by atoms with Crippen molar-refractivity contribution in [3.63, 3.8) is 0 Å². The molecule has 0 heteroatoms. The van der Waals surface area contributed by atoms with Gasteiger partial charge in [0.25, 0.3) is 0 Å². The lowest BCUT2D eigenvalue weighted by Gasteiger charge is -2.05. The van der Waals surface area contributed by atoms with Gasteiger partial charge in [-0.15, -0.1) is 0 Å². The van der Waals surface area contributed by atoms with Crippen molar-refractivity contribution < 1.29 is 0 Å². The molecule has 0 aliphatic heterocycles. The molecule has 0 atom stereocenters. The molecule has 0 saturated carbocycles. The SMILES string of the molecule is CCCCCCCc1ccc(-c2ccc(C)cc2)cc1.CCCCCc1ccc(-c2ccc(C)cc2)cc1. The van der Waals surface area contributed by atoms with Gasteiger partial charge < -0.3 is 0 Å². The molecular weight excluding hydrogens is 456 g/mol. The quantitative estimate of drug-likeness (QED) is 0.168. The molecule has 4 aromatic rings. The highest BCUT2D eigenvalue weighted by Crippen LogP contribution is 2.22. The molecule has 0 radical (unpaired) electrons. The molecule has 0 aliphatic rings. The van der Waals surface area contributed by atoms with Crippen molar-refractivity contribution in [3.05, 3.63) is 119 Å². The summed E-state index contributed by atoms with van der Waals surface area (Å²) in [6.45, 7) is 8.77. The van der Waals surface area contributed by atoms with E-state index in [-0.39, 0.29) is 0 Å². The predicted octanol–water partition coefficient (Wildman–Crippen LogP) is 11.6. The van der Waals surface area contributed by atoms with Crippen LogP contribution in [0.5, 0.6) is 0 Å². The van der Waals surface area contributed by atoms with E-state index in [1.807, 2.05) is 0 Å². The van der Waals surface area contributed by atoms with Gasteiger partial charge in [-0.3, -0.25) is 0 Å². The number of benzene rings is 4. The van der Waals surface area contributed by atoms with Crippen LogP contribution in [0, 0.1) is 13.8 Å². The fourth-order valence-corrected chi connectivity index (χ4v) is 4.73. The summed E-state index contributed by atoms with van der Waals surface area (Å²) in [7, 11) is 0. The Hall–Kier alpha value is -3.12. The van der Waals surface area contributed by atoms with E-state index in [4.69, 9.17) is 0 Å². The molecule has 0 saturated heterocycles. The van der Waals surface area contributed by atoms with Crippen LogP contribution < -0.4 is 0 Å². The number of rotatable bonds is 12. The first kappa shape index (κ1) is 29.4. The van der Waals surface area contributed by atoms with E-state index >= 15 is 0 Å². The maximum Gasteiger partial charge on any atom is -0.0184 e. The first-order valence-corrected chi connectivity index (χ1v) is 14.9. The largest absolute Gasteiger partial charge is 0.0654 e. The molecule has 0 amide bonds. The third-order valence-electron chi connectivity index (χ3n) is 7.32. The minimum atomic E-state index is 1.21. The van der Waals surface area contributed by atoms with Crippen molar-refractivity contribution in [3.8, 4) is 22.3 Å². The Balaban J connectivity index is 0.000000212. The minimum Gasteiger partial charge on any atom is -0.0654 e. The lowest BCUT2D eigenvalue weighted by Crippen LogP contribution is -1.87. The maximum absolute atomic E-state index is 2.29. The summed E-state index contributed by atoms with van der Waals surface area (Å²) >= 11 is 0. The van der Waals surface area contributed by atoms with Crippen molar-refractivity contribution >= 4 is 0 Å². The Morgan fingerprint density at radius 2 is 0.632 bits per heavy atom. The van der Waals surface area contributed by atoms with Gasteiger partial charge in [-0.1, -0.05) is 161 Å². The molecule has 0 aromatic heterocycles. The molecule has 0 fully saturated rings. The lowest BCUT2D eigenvalue weighted by molar-refractivity contribution is 0.632. The number of aryl methyl sites for hydroxylation is 4. The zero-order valence-corrected chi connectivity index (χ0v) is 24.3. The molecule has 200 valence electrons. The van der Waals surface area contributed by atoms with E-state index in [2.05, 4.69) is 125 Å². The summed E-state index contributed by atoms with van der Waals surface area (Å²) in [5, 5.41) is 0. The highest BCUT2D eigenvalue weighted by molar-refractivity contribution is 5.64. The van der Waals surface area contributed by atoms with Gasteiger partial charge in [0.2, 0.25) is 0 Å². The van der Waals surface area contributed by atoms with Gasteiger partial charge in [0.05, 0.1) is 0 Å². The van der Waals surface area contributed by atoms with Crippen LogP contribution in [-0.2, 0) is 12.8 Å². The van der Waals surface area contributed by atoms with Crippen LogP contribution in [0.3, 0.4) is 0 Å². The van der Waals surface area contributed by atoms with Gasteiger partial charge in [0.15, 0.2) is 0 Å². The minimum absolute atomic E-state index is 1.21. The van der Waals surface area contributed by atoms with Gasteiger partial charge in [-0.2, -0.15) is 0 Å². The lowest BCUT2D eigenvalue weighted by atomic mass is 10.0. The molecule has 0 nitrogen and oxygen atoms in total. The van der Waals surface area contributed by atoms with E-state index in [1.165, 1.54) is 109 Å². The molecule has 4 rings (SSSR count). The fourth-order valence-electron chi connectivity index (χ4n) is 4.73. The topological polar surface area (TPSA) is 0 Å². The monoisotopic (exact) mass is 504 g/mol. The van der Waals surface area contributed by atoms with Crippen LogP contribution in [0.4, 0.5) is 0 Å². The number of unbranched alkanes of at least 4 members (excludes halogenated alkanes) is 6. The van der Waals surface area contributed by atoms with Gasteiger partial charge in [0.1, 0.15) is 0 Å². The molecule has 0 bridgehead atoms. The van der Waals surface area contributed by atoms with Crippen molar-refractivity contribution in [1.29, 1.82) is 0 Å². The van der Waals surface area contributed by atoms with Crippen molar-refractivity contribution in [1.82, 2.24) is 0 Å². The Morgan fingerprint density at radius 3 is 1.00 bits per heavy atom. The summed E-state index contributed by atoms with van der Waals surface area (Å²) in [5.41, 5.74) is 10.8. The van der Waals surface area contributed by atoms with Gasteiger partial charge in [0, 0.05) is 0 Å². The van der Waals surface area contributed by atoms with Gasteiger partial charge in [-0.25, -0.2) is 0 Å². The standard InChI is InChI=1S/C20H26.C18H22/c1-3-4-5-6-7-8-18-11-15-20(16-12-18)19-13-9-17(2)10-14-19;1-3-4-5-6-16-9-13-18(14-10-16)17-11-7-15(2)8-12-17/h9-16H,3-8H2,1-2H3;7-14H,3-6H2,1-2H3. The second kappa shape index (κ2) is 16.7. The van der Waals surface area contributed by atoms with Crippen LogP contribution in [0.2, 0.25) is 0 Å². The van der Waals surface area contributed by atoms with Crippen molar-refractivity contribution in [2.75, 3.05) is 0 Å². The van der Waals surface area contributed by atoms with Crippen LogP contribution >= 0.6 is 0 Å². The Morgan fingerprint density at radius 1 is 0.342 bits per heavy atom. The fraction of sp³-hybridized carbons (Fsp3) is 0.368. The van der Waals surface area contributed by atoms with Crippen LogP contribution in [0.15, 0.2) is 97.1 Å². The highest BCUT2D eigenvalue weighted by Gasteiger charge is 2.00. The van der Waals surface area contributed by atoms with Crippen molar-refractivity contribution in [2.24, 2.45) is 0 Å². The smallest absolute Gasteiger partial charge is 0.0184 e. The molecule has 0 aliphatic carbocycles. The number of hydrogen-bond donors (Lipinski definition) is 0. The first-order valence-electron chi connectivity index (χ1n) is 14.9. The molecule has 0 heterocycles. The van der Waals surface area contributed by atoms with E-state index in [1.54, 1.807) is 0 Å². The Kier molecular flexibility index (Phi) is 12.9. The zero-order chi connectivity index (χ0) is 27.0. The van der Waals surface area contributed by atoms with Gasteiger partial charge >= 0.3 is 0 Å². The molecule has 0 unspecified atom stereocenters. The molecular formula is C38H48. The van der Waals surface area contributed by atoms with Gasteiger partial charge in [-0.05, 0) is 72.9 Å². The normalized spacial score (nSPS) is 10.6. The van der Waals surface area contributed by atoms with Crippen molar-refractivity contribution in [2.45, 2.75) is 91.9 Å². The third-order valence-corrected chi connectivity index (χ3v) is 7.32. The predicted molar refractivity (Wildman–Crippen MR) is 169 cm³/mol. The summed E-state index contributed by atoms with van der Waals surface area (Å²) < 4.78 is 0. The molecule has 0 spiro atoms. The van der Waals surface area contributed by atoms with Crippen LogP contribution in [0.1, 0.15) is 87.5 Å². The zero-order valence-electron chi connectivity index (χ0n) is 24.3. The average Bonchev–Trinajstić information content (AvgIpc) is 2.95. The Bertz CT molecular complexity index is 1150. The average molecular weight is 505 g/mol. The highest BCUT2D eigenvalue weighted by atomic mass is 14.0. The second-order valence-corrected chi connectivity index (χ2v) is 10.7.